The highest BCUT2D eigenvalue weighted by molar-refractivity contribution is 7.18. The molecule has 0 saturated carbocycles. The molecule has 1 aromatic heterocycles. The van der Waals surface area contributed by atoms with Gasteiger partial charge in [0, 0.05) is 11.3 Å². The van der Waals surface area contributed by atoms with Crippen molar-refractivity contribution in [2.45, 2.75) is 19.9 Å². The van der Waals surface area contributed by atoms with Crippen LogP contribution in [0.3, 0.4) is 0 Å². The molecule has 0 aliphatic rings. The van der Waals surface area contributed by atoms with E-state index in [4.69, 9.17) is 11.5 Å². The molecule has 0 bridgehead atoms. The van der Waals surface area contributed by atoms with Gasteiger partial charge < -0.3 is 16.4 Å². The van der Waals surface area contributed by atoms with Gasteiger partial charge in [0.15, 0.2) is 5.13 Å². The van der Waals surface area contributed by atoms with E-state index in [1.54, 1.807) is 36.1 Å². The first-order valence-electron chi connectivity index (χ1n) is 8.39. The number of primary amides is 1. The van der Waals surface area contributed by atoms with Gasteiger partial charge in [-0.25, -0.2) is 4.98 Å². The van der Waals surface area contributed by atoms with Gasteiger partial charge in [0.2, 0.25) is 11.7 Å². The van der Waals surface area contributed by atoms with E-state index in [9.17, 15) is 9.59 Å². The zero-order valence-electron chi connectivity index (χ0n) is 15.0. The third-order valence-electron chi connectivity index (χ3n) is 4.20. The first kappa shape index (κ1) is 18.6. The highest BCUT2D eigenvalue weighted by Gasteiger charge is 2.27. The molecule has 0 fully saturated rings. The largest absolute Gasteiger partial charge is 0.382 e. The van der Waals surface area contributed by atoms with Gasteiger partial charge in [-0.05, 0) is 26.0 Å². The Morgan fingerprint density at radius 2 is 1.70 bits per heavy atom. The lowest BCUT2D eigenvalue weighted by molar-refractivity contribution is -0.118. The molecule has 27 heavy (non-hydrogen) atoms. The number of thiazole rings is 1. The van der Waals surface area contributed by atoms with E-state index >= 15 is 0 Å². The fourth-order valence-electron chi connectivity index (χ4n) is 2.64. The summed E-state index contributed by atoms with van der Waals surface area (Å²) in [6.45, 7) is 3.67. The molecule has 6 nitrogen and oxygen atoms in total. The molecule has 1 amide bonds. The second kappa shape index (κ2) is 7.59. The van der Waals surface area contributed by atoms with Gasteiger partial charge in [0.05, 0.1) is 0 Å². The van der Waals surface area contributed by atoms with Gasteiger partial charge in [0.25, 0.3) is 0 Å². The van der Waals surface area contributed by atoms with Crippen molar-refractivity contribution >= 4 is 39.7 Å². The number of ketones is 1. The van der Waals surface area contributed by atoms with Gasteiger partial charge in [-0.15, -0.1) is 0 Å². The summed E-state index contributed by atoms with van der Waals surface area (Å²) in [6.07, 6.45) is 0. The van der Waals surface area contributed by atoms with Gasteiger partial charge in [-0.1, -0.05) is 59.4 Å². The zero-order valence-corrected chi connectivity index (χ0v) is 15.9. The van der Waals surface area contributed by atoms with Crippen LogP contribution < -0.4 is 16.4 Å². The summed E-state index contributed by atoms with van der Waals surface area (Å²) >= 11 is 1.15. The molecule has 1 heterocycles. The highest BCUT2D eigenvalue weighted by atomic mass is 32.1. The molecule has 0 radical (unpaired) electrons. The van der Waals surface area contributed by atoms with E-state index in [1.807, 2.05) is 37.3 Å². The molecular formula is C20H20N4O2S. The van der Waals surface area contributed by atoms with Crippen molar-refractivity contribution in [2.75, 3.05) is 10.6 Å². The number of aromatic nitrogens is 1. The van der Waals surface area contributed by atoms with Crippen molar-refractivity contribution in [1.82, 2.24) is 4.98 Å². The maximum Gasteiger partial charge on any atom is 0.240 e. The van der Waals surface area contributed by atoms with Crippen LogP contribution in [0.4, 0.5) is 16.6 Å². The number of carbonyl (C=O) groups excluding carboxylic acids is 2. The van der Waals surface area contributed by atoms with E-state index in [1.165, 1.54) is 0 Å². The van der Waals surface area contributed by atoms with Crippen molar-refractivity contribution in [3.8, 4) is 0 Å². The van der Waals surface area contributed by atoms with Crippen LogP contribution in [0, 0.1) is 6.92 Å². The monoisotopic (exact) mass is 380 g/mol. The lowest BCUT2D eigenvalue weighted by Crippen LogP contribution is -2.39. The predicted molar refractivity (Wildman–Crippen MR) is 108 cm³/mol. The lowest BCUT2D eigenvalue weighted by Gasteiger charge is -2.26. The van der Waals surface area contributed by atoms with Crippen LogP contribution in [-0.4, -0.2) is 22.7 Å². The summed E-state index contributed by atoms with van der Waals surface area (Å²) in [4.78, 5) is 31.0. The van der Waals surface area contributed by atoms with Crippen molar-refractivity contribution in [2.24, 2.45) is 5.73 Å². The van der Waals surface area contributed by atoms with Crippen molar-refractivity contribution in [3.05, 3.63) is 70.6 Å². The number of carbonyl (C=O) groups is 2. The number of nitrogens with two attached hydrogens (primary N) is 2. The summed E-state index contributed by atoms with van der Waals surface area (Å²) < 4.78 is 0. The Balaban J connectivity index is 2.04. The van der Waals surface area contributed by atoms with E-state index < -0.39 is 11.9 Å². The molecule has 138 valence electrons. The molecular weight excluding hydrogens is 360 g/mol. The topological polar surface area (TPSA) is 102 Å². The fraction of sp³-hybridized carbons (Fsp3) is 0.150. The molecule has 1 unspecified atom stereocenters. The average Bonchev–Trinajstić information content (AvgIpc) is 3.04. The van der Waals surface area contributed by atoms with Crippen molar-refractivity contribution < 1.29 is 9.59 Å². The van der Waals surface area contributed by atoms with Crippen LogP contribution in [-0.2, 0) is 4.79 Å². The molecule has 4 N–H and O–H groups in total. The standard InChI is InChI=1S/C20H20N4O2S/c1-12-8-10-15(11-9-12)24(13(2)19(22)26)20-23-18(21)17(27-20)16(25)14-6-4-3-5-7-14/h3-11,13H,21H2,1-2H3,(H2,22,26). The zero-order chi connectivity index (χ0) is 19.6. The number of nitrogen functional groups attached to an aromatic ring is 1. The van der Waals surface area contributed by atoms with Crippen LogP contribution in [0.5, 0.6) is 0 Å². The summed E-state index contributed by atoms with van der Waals surface area (Å²) in [6, 6.07) is 15.8. The number of aryl methyl sites for hydroxylation is 1. The van der Waals surface area contributed by atoms with Gasteiger partial charge in [-0.3, -0.25) is 9.59 Å². The maximum atomic E-state index is 12.8. The summed E-state index contributed by atoms with van der Waals surface area (Å²) in [5, 5.41) is 0.446. The van der Waals surface area contributed by atoms with Crippen molar-refractivity contribution in [1.29, 1.82) is 0 Å². The number of hydrogen-bond acceptors (Lipinski definition) is 6. The molecule has 0 saturated heterocycles. The number of rotatable bonds is 6. The van der Waals surface area contributed by atoms with E-state index in [2.05, 4.69) is 4.98 Å². The van der Waals surface area contributed by atoms with E-state index in [0.717, 1.165) is 22.6 Å². The molecule has 3 rings (SSSR count). The molecule has 3 aromatic rings. The second-order valence-corrected chi connectivity index (χ2v) is 7.17. The second-order valence-electron chi connectivity index (χ2n) is 6.19. The summed E-state index contributed by atoms with van der Waals surface area (Å²) in [5.41, 5.74) is 13.9. The first-order valence-corrected chi connectivity index (χ1v) is 9.21. The van der Waals surface area contributed by atoms with Crippen molar-refractivity contribution in [3.63, 3.8) is 0 Å². The quantitative estimate of drug-likeness (QED) is 0.639. The van der Waals surface area contributed by atoms with Gasteiger partial charge >= 0.3 is 0 Å². The van der Waals surface area contributed by atoms with Crippen LogP contribution in [0.15, 0.2) is 54.6 Å². The van der Waals surface area contributed by atoms with Gasteiger partial charge in [-0.2, -0.15) is 0 Å². The van der Waals surface area contributed by atoms with Gasteiger partial charge in [0.1, 0.15) is 16.7 Å². The smallest absolute Gasteiger partial charge is 0.240 e. The highest BCUT2D eigenvalue weighted by Crippen LogP contribution is 2.35. The van der Waals surface area contributed by atoms with Crippen LogP contribution in [0.1, 0.15) is 27.7 Å². The third-order valence-corrected chi connectivity index (χ3v) is 5.27. The van der Waals surface area contributed by atoms with Crippen LogP contribution in [0.2, 0.25) is 0 Å². The predicted octanol–water partition coefficient (Wildman–Crippen LogP) is 3.28. The first-order chi connectivity index (χ1) is 12.9. The molecule has 0 spiro atoms. The SMILES string of the molecule is Cc1ccc(N(c2nc(N)c(C(=O)c3ccccc3)s2)C(C)C(N)=O)cc1. The third kappa shape index (κ3) is 3.83. The Labute approximate surface area is 161 Å². The molecule has 7 heteroatoms. The Bertz CT molecular complexity index is 967. The minimum atomic E-state index is -0.655. The Kier molecular flexibility index (Phi) is 5.23. The number of anilines is 3. The maximum absolute atomic E-state index is 12.8. The summed E-state index contributed by atoms with van der Waals surface area (Å²) in [5.74, 6) is -0.564. The molecule has 2 aromatic carbocycles. The Morgan fingerprint density at radius 3 is 2.30 bits per heavy atom. The number of amides is 1. The number of benzene rings is 2. The Morgan fingerprint density at radius 1 is 1.07 bits per heavy atom. The van der Waals surface area contributed by atoms with E-state index in [0.29, 0.717) is 15.6 Å². The average molecular weight is 380 g/mol. The molecule has 0 aliphatic heterocycles. The van der Waals surface area contributed by atoms with Crippen LogP contribution >= 0.6 is 11.3 Å². The lowest BCUT2D eigenvalue weighted by atomic mass is 10.1. The van der Waals surface area contributed by atoms with E-state index in [-0.39, 0.29) is 11.6 Å². The number of nitrogens with zero attached hydrogens (tertiary/aromatic N) is 2. The van der Waals surface area contributed by atoms with Crippen LogP contribution in [0.25, 0.3) is 0 Å². The number of hydrogen-bond donors (Lipinski definition) is 2. The minimum Gasteiger partial charge on any atom is -0.382 e. The molecule has 0 aliphatic carbocycles. The molecule has 1 atom stereocenters. The summed E-state index contributed by atoms with van der Waals surface area (Å²) in [7, 11) is 0. The fourth-order valence-corrected chi connectivity index (χ4v) is 3.69. The minimum absolute atomic E-state index is 0.137. The normalized spacial score (nSPS) is 11.8. The Hall–Kier alpha value is -3.19.